The third kappa shape index (κ3) is 7.88. The molecular weight excluding hydrogens is 1060 g/mol. The highest BCUT2D eigenvalue weighted by Crippen LogP contribution is 2.59. The standard InChI is InChI=1S/C78H50F4N2O/c1-3-49-23-27-53(28-24-49)77(51-15-7-5-8-16-51)67-21-13-11-19-61(67)63-37-33-57(45-69(63)77)83(73-41-31-55(79)43-71(73)81)59-35-39-65-66-40-36-60(48-76(66)85-75(65)47-59)84(74-42-32-56(80)44-72(74)82)58-34-38-64-62-20-12-14-22-68(62)78(70(64)46-58,52-17-9-6-10-18-52)54-29-25-50(4-2)26-30-54/h3-48H,1-2H2. The average molecular weight is 1110 g/mol. The Morgan fingerprint density at radius 1 is 0.318 bits per heavy atom. The van der Waals surface area contributed by atoms with Crippen molar-refractivity contribution in [2.24, 2.45) is 0 Å². The molecule has 0 bridgehead atoms. The maximum atomic E-state index is 16.7. The van der Waals surface area contributed by atoms with Crippen LogP contribution in [0, 0.1) is 23.3 Å². The minimum atomic E-state index is -0.783. The number of hydrogen-bond donors (Lipinski definition) is 0. The number of hydrogen-bond acceptors (Lipinski definition) is 3. The van der Waals surface area contributed by atoms with E-state index >= 15 is 8.78 Å². The average Bonchev–Trinajstić information content (AvgIpc) is 1.65. The lowest BCUT2D eigenvalue weighted by Crippen LogP contribution is -2.28. The van der Waals surface area contributed by atoms with Crippen molar-refractivity contribution in [3.05, 3.63) is 359 Å². The second-order valence-corrected chi connectivity index (χ2v) is 21.8. The maximum absolute atomic E-state index is 16.7. The van der Waals surface area contributed by atoms with Crippen molar-refractivity contribution in [2.45, 2.75) is 10.8 Å². The fraction of sp³-hybridized carbons (Fsp3) is 0.0256. The summed E-state index contributed by atoms with van der Waals surface area (Å²) in [6.45, 7) is 8.04. The highest BCUT2D eigenvalue weighted by Gasteiger charge is 2.48. The van der Waals surface area contributed by atoms with Crippen LogP contribution in [-0.2, 0) is 10.8 Å². The van der Waals surface area contributed by atoms with Crippen molar-refractivity contribution < 1.29 is 22.0 Å². The van der Waals surface area contributed by atoms with Crippen molar-refractivity contribution in [1.82, 2.24) is 0 Å². The van der Waals surface area contributed by atoms with E-state index in [1.165, 1.54) is 24.3 Å². The zero-order valence-electron chi connectivity index (χ0n) is 45.8. The predicted octanol–water partition coefficient (Wildman–Crippen LogP) is 21.1. The van der Waals surface area contributed by atoms with Gasteiger partial charge in [0.1, 0.15) is 34.4 Å². The van der Waals surface area contributed by atoms with Crippen LogP contribution >= 0.6 is 0 Å². The topological polar surface area (TPSA) is 19.6 Å². The minimum absolute atomic E-state index is 0.134. The van der Waals surface area contributed by atoms with E-state index < -0.39 is 34.1 Å². The predicted molar refractivity (Wildman–Crippen MR) is 338 cm³/mol. The van der Waals surface area contributed by atoms with Crippen molar-refractivity contribution in [3.8, 4) is 22.3 Å². The van der Waals surface area contributed by atoms with Gasteiger partial charge in [-0.05, 0) is 151 Å². The molecule has 0 amide bonds. The van der Waals surface area contributed by atoms with Gasteiger partial charge in [-0.25, -0.2) is 17.6 Å². The van der Waals surface area contributed by atoms with Crippen LogP contribution in [0.25, 0.3) is 56.3 Å². The first kappa shape index (κ1) is 51.1. The second-order valence-electron chi connectivity index (χ2n) is 21.8. The molecule has 2 unspecified atom stereocenters. The van der Waals surface area contributed by atoms with Gasteiger partial charge in [-0.1, -0.05) is 195 Å². The van der Waals surface area contributed by atoms with Crippen LogP contribution in [-0.4, -0.2) is 0 Å². The monoisotopic (exact) mass is 1110 g/mol. The van der Waals surface area contributed by atoms with Gasteiger partial charge in [-0.2, -0.15) is 0 Å². The van der Waals surface area contributed by atoms with Crippen molar-refractivity contribution in [1.29, 1.82) is 0 Å². The molecule has 1 heterocycles. The Hall–Kier alpha value is -10.8. The number of nitrogens with zero attached hydrogens (tertiary/aromatic N) is 2. The van der Waals surface area contributed by atoms with Gasteiger partial charge < -0.3 is 14.2 Å². The largest absolute Gasteiger partial charge is 0.456 e. The van der Waals surface area contributed by atoms with E-state index in [1.807, 2.05) is 72.8 Å². The molecule has 0 fully saturated rings. The third-order valence-corrected chi connectivity index (χ3v) is 17.4. The molecule has 406 valence electrons. The summed E-state index contributed by atoms with van der Waals surface area (Å²) >= 11 is 0. The Labute approximate surface area is 489 Å². The molecule has 2 aliphatic carbocycles. The molecule has 0 saturated carbocycles. The van der Waals surface area contributed by atoms with Gasteiger partial charge in [0, 0.05) is 57.8 Å². The number of anilines is 6. The molecule has 0 spiro atoms. The first-order chi connectivity index (χ1) is 41.7. The second kappa shape index (κ2) is 20.0. The fourth-order valence-corrected chi connectivity index (χ4v) is 13.7. The van der Waals surface area contributed by atoms with Crippen molar-refractivity contribution in [2.75, 3.05) is 9.80 Å². The molecule has 2 atom stereocenters. The molecule has 7 heteroatoms. The summed E-state index contributed by atoms with van der Waals surface area (Å²) in [5.41, 5.74) is 16.7. The molecule has 13 aromatic rings. The Morgan fingerprint density at radius 3 is 1.07 bits per heavy atom. The van der Waals surface area contributed by atoms with Gasteiger partial charge in [0.05, 0.1) is 22.2 Å². The Morgan fingerprint density at radius 2 is 0.671 bits per heavy atom. The van der Waals surface area contributed by atoms with E-state index in [0.717, 1.165) is 101 Å². The van der Waals surface area contributed by atoms with Crippen LogP contribution in [0.2, 0.25) is 0 Å². The number of fused-ring (bicyclic) bond motifs is 9. The van der Waals surface area contributed by atoms with Crippen LogP contribution in [0.1, 0.15) is 55.6 Å². The van der Waals surface area contributed by atoms with Crippen LogP contribution in [0.4, 0.5) is 51.7 Å². The highest BCUT2D eigenvalue weighted by molar-refractivity contribution is 6.07. The van der Waals surface area contributed by atoms with E-state index in [-0.39, 0.29) is 11.4 Å². The van der Waals surface area contributed by atoms with E-state index in [0.29, 0.717) is 33.9 Å². The zero-order chi connectivity index (χ0) is 57.6. The smallest absolute Gasteiger partial charge is 0.150 e. The summed E-state index contributed by atoms with van der Waals surface area (Å²) in [6.07, 6.45) is 3.67. The third-order valence-electron chi connectivity index (χ3n) is 17.4. The molecule has 3 nitrogen and oxygen atoms in total. The van der Waals surface area contributed by atoms with Gasteiger partial charge in [-0.15, -0.1) is 0 Å². The Kier molecular flexibility index (Phi) is 12.0. The first-order valence-corrected chi connectivity index (χ1v) is 28.2. The van der Waals surface area contributed by atoms with E-state index in [2.05, 4.69) is 183 Å². The van der Waals surface area contributed by atoms with Gasteiger partial charge in [-0.3, -0.25) is 0 Å². The van der Waals surface area contributed by atoms with E-state index in [4.69, 9.17) is 4.42 Å². The SMILES string of the molecule is C=Cc1ccc(C2(c3ccccc3)c3ccccc3-c3ccc(N(c4ccc5c(c4)oc4cc(N(c6ccc7c(c6)C(c6ccccc6)(c6ccc(C=C)cc6)c6ccccc6-7)c6ccc(F)cc6F)ccc45)c4ccc(F)cc4F)cc32)cc1. The zero-order valence-corrected chi connectivity index (χ0v) is 45.8. The number of furan rings is 1. The molecule has 0 N–H and O–H groups in total. The molecule has 2 aliphatic rings. The lowest BCUT2D eigenvalue weighted by atomic mass is 9.67. The normalized spacial score (nSPS) is 15.5. The van der Waals surface area contributed by atoms with Gasteiger partial charge in [0.2, 0.25) is 0 Å². The summed E-state index contributed by atoms with van der Waals surface area (Å²) in [6, 6.07) is 85.9. The summed E-state index contributed by atoms with van der Waals surface area (Å²) < 4.78 is 70.1. The first-order valence-electron chi connectivity index (χ1n) is 28.2. The van der Waals surface area contributed by atoms with E-state index in [9.17, 15) is 8.78 Å². The quantitative estimate of drug-likeness (QED) is 0.114. The molecular formula is C78H50F4N2O. The van der Waals surface area contributed by atoms with Crippen LogP contribution in [0.5, 0.6) is 0 Å². The Bertz CT molecular complexity index is 4520. The molecule has 12 aromatic carbocycles. The van der Waals surface area contributed by atoms with E-state index in [1.54, 1.807) is 9.80 Å². The number of halogens is 4. The molecule has 1 aromatic heterocycles. The van der Waals surface area contributed by atoms with Crippen LogP contribution in [0.3, 0.4) is 0 Å². The molecule has 0 radical (unpaired) electrons. The number of benzene rings is 12. The molecule has 85 heavy (non-hydrogen) atoms. The molecule has 15 rings (SSSR count). The van der Waals surface area contributed by atoms with Gasteiger partial charge >= 0.3 is 0 Å². The van der Waals surface area contributed by atoms with Gasteiger partial charge in [0.15, 0.2) is 0 Å². The van der Waals surface area contributed by atoms with Crippen LogP contribution in [0.15, 0.2) is 284 Å². The Balaban J connectivity index is 0.896. The van der Waals surface area contributed by atoms with Gasteiger partial charge in [0.25, 0.3) is 0 Å². The number of rotatable bonds is 12. The van der Waals surface area contributed by atoms with Crippen LogP contribution < -0.4 is 9.80 Å². The maximum Gasteiger partial charge on any atom is 0.150 e. The highest BCUT2D eigenvalue weighted by atomic mass is 19.1. The van der Waals surface area contributed by atoms with Crippen molar-refractivity contribution in [3.63, 3.8) is 0 Å². The lowest BCUT2D eigenvalue weighted by Gasteiger charge is -2.35. The van der Waals surface area contributed by atoms with Crippen molar-refractivity contribution >= 4 is 68.2 Å². The minimum Gasteiger partial charge on any atom is -0.456 e. The summed E-state index contributed by atoms with van der Waals surface area (Å²) in [5, 5.41) is 1.57. The summed E-state index contributed by atoms with van der Waals surface area (Å²) in [7, 11) is 0. The molecule has 0 saturated heterocycles. The molecule has 0 aliphatic heterocycles. The fourth-order valence-electron chi connectivity index (χ4n) is 13.7. The lowest BCUT2D eigenvalue weighted by molar-refractivity contribution is 0.583. The summed E-state index contributed by atoms with van der Waals surface area (Å²) in [4.78, 5) is 3.61. The summed E-state index contributed by atoms with van der Waals surface area (Å²) in [5.74, 6) is -2.90.